The Morgan fingerprint density at radius 3 is 2.83 bits per heavy atom. The highest BCUT2D eigenvalue weighted by molar-refractivity contribution is 5.64. The van der Waals surface area contributed by atoms with Gasteiger partial charge in [-0.25, -0.2) is 4.98 Å². The number of hydrogen-bond acceptors (Lipinski definition) is 4. The molecule has 0 aliphatic carbocycles. The van der Waals surface area contributed by atoms with E-state index in [2.05, 4.69) is 9.97 Å². The minimum atomic E-state index is -0.217. The molecule has 0 aliphatic rings. The molecular formula is C13H15N3O2. The molecule has 1 aromatic heterocycles. The first-order valence-electron chi connectivity index (χ1n) is 5.59. The second kappa shape index (κ2) is 5.01. The lowest BCUT2D eigenvalue weighted by molar-refractivity contribution is 0.416. The van der Waals surface area contributed by atoms with Gasteiger partial charge < -0.3 is 15.5 Å². The molecule has 1 aromatic carbocycles. The maximum absolute atomic E-state index is 11.7. The smallest absolute Gasteiger partial charge is 0.255 e. The zero-order valence-corrected chi connectivity index (χ0v) is 10.4. The SMILES string of the molecule is COc1ccc(C)cc1-c1ncc(CN)c(=O)[nH]1. The summed E-state index contributed by atoms with van der Waals surface area (Å²) in [5.41, 5.74) is 7.51. The van der Waals surface area contributed by atoms with Crippen LogP contribution in [-0.4, -0.2) is 17.1 Å². The summed E-state index contributed by atoms with van der Waals surface area (Å²) in [7, 11) is 1.58. The van der Waals surface area contributed by atoms with Crippen molar-refractivity contribution < 1.29 is 4.74 Å². The Morgan fingerprint density at radius 2 is 2.22 bits per heavy atom. The van der Waals surface area contributed by atoms with Crippen molar-refractivity contribution in [2.75, 3.05) is 7.11 Å². The minimum Gasteiger partial charge on any atom is -0.496 e. The van der Waals surface area contributed by atoms with Crippen LogP contribution in [0.15, 0.2) is 29.2 Å². The molecule has 0 bridgehead atoms. The second-order valence-corrected chi connectivity index (χ2v) is 3.99. The van der Waals surface area contributed by atoms with Crippen molar-refractivity contribution in [2.24, 2.45) is 5.73 Å². The molecule has 0 amide bonds. The standard InChI is InChI=1S/C13H15N3O2/c1-8-3-4-11(18-2)10(5-8)12-15-7-9(6-14)13(17)16-12/h3-5,7H,6,14H2,1-2H3,(H,15,16,17). The molecule has 2 rings (SSSR count). The summed E-state index contributed by atoms with van der Waals surface area (Å²) in [6.07, 6.45) is 1.50. The molecule has 0 saturated heterocycles. The van der Waals surface area contributed by atoms with Gasteiger partial charge >= 0.3 is 0 Å². The van der Waals surface area contributed by atoms with E-state index in [-0.39, 0.29) is 12.1 Å². The Morgan fingerprint density at radius 1 is 1.44 bits per heavy atom. The molecule has 2 aromatic rings. The average molecular weight is 245 g/mol. The van der Waals surface area contributed by atoms with Gasteiger partial charge in [-0.15, -0.1) is 0 Å². The number of aromatic nitrogens is 2. The minimum absolute atomic E-state index is 0.174. The van der Waals surface area contributed by atoms with Crippen molar-refractivity contribution in [3.63, 3.8) is 0 Å². The van der Waals surface area contributed by atoms with Crippen molar-refractivity contribution in [1.82, 2.24) is 9.97 Å². The summed E-state index contributed by atoms with van der Waals surface area (Å²) in [4.78, 5) is 18.6. The molecule has 0 fully saturated rings. The molecule has 0 atom stereocenters. The van der Waals surface area contributed by atoms with E-state index in [0.717, 1.165) is 11.1 Å². The maximum atomic E-state index is 11.7. The Bertz CT molecular complexity index is 620. The van der Waals surface area contributed by atoms with Gasteiger partial charge in [0.2, 0.25) is 0 Å². The molecule has 0 unspecified atom stereocenters. The normalized spacial score (nSPS) is 10.4. The Balaban J connectivity index is 2.58. The first-order chi connectivity index (χ1) is 8.65. The fraction of sp³-hybridized carbons (Fsp3) is 0.231. The fourth-order valence-corrected chi connectivity index (χ4v) is 1.71. The molecular weight excluding hydrogens is 230 g/mol. The number of methoxy groups -OCH3 is 1. The fourth-order valence-electron chi connectivity index (χ4n) is 1.71. The summed E-state index contributed by atoms with van der Waals surface area (Å²) < 4.78 is 5.26. The van der Waals surface area contributed by atoms with Crippen molar-refractivity contribution in [2.45, 2.75) is 13.5 Å². The summed E-state index contributed by atoms with van der Waals surface area (Å²) >= 11 is 0. The van der Waals surface area contributed by atoms with Crippen molar-refractivity contribution in [3.8, 4) is 17.1 Å². The van der Waals surface area contributed by atoms with Gasteiger partial charge in [0.15, 0.2) is 0 Å². The molecule has 94 valence electrons. The third-order valence-corrected chi connectivity index (χ3v) is 2.70. The number of aryl methyl sites for hydroxylation is 1. The van der Waals surface area contributed by atoms with Crippen LogP contribution in [0.2, 0.25) is 0 Å². The van der Waals surface area contributed by atoms with Crippen LogP contribution in [0.5, 0.6) is 5.75 Å². The summed E-state index contributed by atoms with van der Waals surface area (Å²) in [6.45, 7) is 2.14. The maximum Gasteiger partial charge on any atom is 0.255 e. The summed E-state index contributed by atoms with van der Waals surface area (Å²) in [5.74, 6) is 1.15. The molecule has 3 N–H and O–H groups in total. The van der Waals surface area contributed by atoms with Gasteiger partial charge in [-0.2, -0.15) is 0 Å². The largest absolute Gasteiger partial charge is 0.496 e. The van der Waals surface area contributed by atoms with Crippen LogP contribution in [0.25, 0.3) is 11.4 Å². The molecule has 1 heterocycles. The van der Waals surface area contributed by atoms with E-state index in [1.54, 1.807) is 7.11 Å². The van der Waals surface area contributed by atoms with Crippen LogP contribution in [0.1, 0.15) is 11.1 Å². The molecule has 0 saturated carbocycles. The third-order valence-electron chi connectivity index (χ3n) is 2.70. The molecule has 5 heteroatoms. The van der Waals surface area contributed by atoms with E-state index >= 15 is 0 Å². The van der Waals surface area contributed by atoms with E-state index in [1.807, 2.05) is 25.1 Å². The molecule has 5 nitrogen and oxygen atoms in total. The van der Waals surface area contributed by atoms with E-state index in [1.165, 1.54) is 6.20 Å². The number of benzene rings is 1. The van der Waals surface area contributed by atoms with Crippen LogP contribution in [-0.2, 0) is 6.54 Å². The van der Waals surface area contributed by atoms with Crippen LogP contribution in [0.4, 0.5) is 0 Å². The van der Waals surface area contributed by atoms with E-state index in [9.17, 15) is 4.79 Å². The van der Waals surface area contributed by atoms with Gasteiger partial charge in [0.05, 0.1) is 12.7 Å². The first-order valence-corrected chi connectivity index (χ1v) is 5.59. The van der Waals surface area contributed by atoms with Crippen LogP contribution in [0, 0.1) is 6.92 Å². The zero-order valence-electron chi connectivity index (χ0n) is 10.4. The van der Waals surface area contributed by atoms with Crippen LogP contribution < -0.4 is 16.0 Å². The number of aromatic amines is 1. The van der Waals surface area contributed by atoms with Gasteiger partial charge in [0.1, 0.15) is 11.6 Å². The van der Waals surface area contributed by atoms with Gasteiger partial charge in [-0.05, 0) is 19.1 Å². The number of rotatable bonds is 3. The van der Waals surface area contributed by atoms with Gasteiger partial charge in [-0.1, -0.05) is 11.6 Å². The van der Waals surface area contributed by atoms with Gasteiger partial charge in [-0.3, -0.25) is 4.79 Å². The first kappa shape index (κ1) is 12.3. The quantitative estimate of drug-likeness (QED) is 0.851. The Hall–Kier alpha value is -2.14. The lowest BCUT2D eigenvalue weighted by atomic mass is 10.1. The van der Waals surface area contributed by atoms with Crippen LogP contribution >= 0.6 is 0 Å². The lowest BCUT2D eigenvalue weighted by Gasteiger charge is -2.09. The third kappa shape index (κ3) is 2.26. The number of hydrogen-bond donors (Lipinski definition) is 2. The Labute approximate surface area is 105 Å². The van der Waals surface area contributed by atoms with E-state index < -0.39 is 0 Å². The Kier molecular flexibility index (Phi) is 3.43. The molecule has 0 aliphatic heterocycles. The molecule has 18 heavy (non-hydrogen) atoms. The lowest BCUT2D eigenvalue weighted by Crippen LogP contribution is -2.17. The monoisotopic (exact) mass is 245 g/mol. The van der Waals surface area contributed by atoms with Crippen LogP contribution in [0.3, 0.4) is 0 Å². The van der Waals surface area contributed by atoms with E-state index in [4.69, 9.17) is 10.5 Å². The van der Waals surface area contributed by atoms with Crippen molar-refractivity contribution in [3.05, 3.63) is 45.9 Å². The highest BCUT2D eigenvalue weighted by Gasteiger charge is 2.09. The summed E-state index contributed by atoms with van der Waals surface area (Å²) in [6, 6.07) is 5.70. The predicted molar refractivity (Wildman–Crippen MR) is 69.5 cm³/mol. The number of H-pyrrole nitrogens is 1. The highest BCUT2D eigenvalue weighted by Crippen LogP contribution is 2.27. The highest BCUT2D eigenvalue weighted by atomic mass is 16.5. The number of ether oxygens (including phenoxy) is 1. The molecule has 0 radical (unpaired) electrons. The van der Waals surface area contributed by atoms with E-state index in [0.29, 0.717) is 17.1 Å². The predicted octanol–water partition coefficient (Wildman–Crippen LogP) is 1.21. The van der Waals surface area contributed by atoms with Crippen molar-refractivity contribution >= 4 is 0 Å². The van der Waals surface area contributed by atoms with Gasteiger partial charge in [0.25, 0.3) is 5.56 Å². The van der Waals surface area contributed by atoms with Gasteiger partial charge in [0, 0.05) is 18.3 Å². The zero-order chi connectivity index (χ0) is 13.1. The van der Waals surface area contributed by atoms with Crippen molar-refractivity contribution in [1.29, 1.82) is 0 Å². The second-order valence-electron chi connectivity index (χ2n) is 3.99. The molecule has 0 spiro atoms. The average Bonchev–Trinajstić information content (AvgIpc) is 2.38. The summed E-state index contributed by atoms with van der Waals surface area (Å²) in [5, 5.41) is 0. The number of nitrogens with zero attached hydrogens (tertiary/aromatic N) is 1. The number of nitrogens with two attached hydrogens (primary N) is 1. The topological polar surface area (TPSA) is 81.0 Å². The number of nitrogens with one attached hydrogen (secondary N) is 1.